The van der Waals surface area contributed by atoms with Crippen LogP contribution in [-0.4, -0.2) is 24.1 Å². The zero-order valence-corrected chi connectivity index (χ0v) is 23.1. The molecule has 6 heteroatoms. The van der Waals surface area contributed by atoms with Gasteiger partial charge in [-0.05, 0) is 61.9 Å². The van der Waals surface area contributed by atoms with Crippen LogP contribution in [0.3, 0.4) is 0 Å². The fraction of sp³-hybridized carbons (Fsp3) is 0.0556. The number of nitriles is 1. The maximum Gasteiger partial charge on any atom is 0.104 e. The standard InChI is InChI=1S/C36H24N6/c1-22-11-12-25(23(2)40-22)24-17-35(41-31-9-5-3-7-26(31)29-20-38-15-13-33(29)41)28(19-37)36(18-24)42-32-10-6-4-8-27(32)30-21-39-16-14-34(30)42/h3-18,20-21H,1-2H3. The molecular weight excluding hydrogens is 516 g/mol. The molecule has 0 atom stereocenters. The molecule has 5 aromatic heterocycles. The van der Waals surface area contributed by atoms with Gasteiger partial charge in [0.05, 0.1) is 33.4 Å². The van der Waals surface area contributed by atoms with Crippen LogP contribution in [0.2, 0.25) is 0 Å². The zero-order valence-electron chi connectivity index (χ0n) is 23.1. The largest absolute Gasteiger partial charge is 0.308 e. The quantitative estimate of drug-likeness (QED) is 0.226. The molecule has 0 spiro atoms. The van der Waals surface area contributed by atoms with E-state index in [9.17, 15) is 5.26 Å². The minimum absolute atomic E-state index is 0.579. The Kier molecular flexibility index (Phi) is 5.22. The number of aryl methyl sites for hydroxylation is 2. The fourth-order valence-electron chi connectivity index (χ4n) is 6.38. The number of pyridine rings is 3. The van der Waals surface area contributed by atoms with Gasteiger partial charge in [-0.25, -0.2) is 0 Å². The van der Waals surface area contributed by atoms with E-state index >= 15 is 0 Å². The average Bonchev–Trinajstić information content (AvgIpc) is 3.53. The molecule has 0 unspecified atom stereocenters. The Morgan fingerprint density at radius 3 is 1.67 bits per heavy atom. The molecule has 3 aromatic carbocycles. The average molecular weight is 541 g/mol. The third-order valence-corrected chi connectivity index (χ3v) is 8.17. The third-order valence-electron chi connectivity index (χ3n) is 8.17. The second-order valence-corrected chi connectivity index (χ2v) is 10.6. The van der Waals surface area contributed by atoms with Crippen LogP contribution in [0.1, 0.15) is 17.0 Å². The predicted molar refractivity (Wildman–Crippen MR) is 168 cm³/mol. The molecule has 0 fully saturated rings. The summed E-state index contributed by atoms with van der Waals surface area (Å²) >= 11 is 0. The number of hydrogen-bond acceptors (Lipinski definition) is 4. The SMILES string of the molecule is Cc1ccc(-c2cc(-n3c4ccccc4c4cnccc43)c(C#N)c(-n3c4ccccc4c4cnccc43)c2)c(C)n1. The molecule has 42 heavy (non-hydrogen) atoms. The Hall–Kier alpha value is -5.80. The number of nitrogens with zero attached hydrogens (tertiary/aromatic N) is 6. The minimum atomic E-state index is 0.579. The monoisotopic (exact) mass is 540 g/mol. The Morgan fingerprint density at radius 2 is 1.14 bits per heavy atom. The van der Waals surface area contributed by atoms with Crippen LogP contribution in [-0.2, 0) is 0 Å². The van der Waals surface area contributed by atoms with Crippen LogP contribution < -0.4 is 0 Å². The van der Waals surface area contributed by atoms with E-state index in [1.165, 1.54) is 0 Å². The Bertz CT molecular complexity index is 2160. The summed E-state index contributed by atoms with van der Waals surface area (Å²) in [5, 5.41) is 15.2. The van der Waals surface area contributed by atoms with E-state index in [0.717, 1.165) is 77.5 Å². The van der Waals surface area contributed by atoms with E-state index in [-0.39, 0.29) is 0 Å². The van der Waals surface area contributed by atoms with Gasteiger partial charge in [-0.1, -0.05) is 42.5 Å². The highest BCUT2D eigenvalue weighted by molar-refractivity contribution is 6.10. The predicted octanol–water partition coefficient (Wildman–Crippen LogP) is 8.22. The van der Waals surface area contributed by atoms with Crippen LogP contribution in [0.25, 0.3) is 66.1 Å². The lowest BCUT2D eigenvalue weighted by Crippen LogP contribution is -2.05. The molecule has 0 amide bonds. The van der Waals surface area contributed by atoms with E-state index in [4.69, 9.17) is 4.98 Å². The highest BCUT2D eigenvalue weighted by Crippen LogP contribution is 2.40. The first-order chi connectivity index (χ1) is 20.6. The van der Waals surface area contributed by atoms with Crippen molar-refractivity contribution >= 4 is 43.6 Å². The smallest absolute Gasteiger partial charge is 0.104 e. The van der Waals surface area contributed by atoms with Crippen LogP contribution in [0.15, 0.2) is 110 Å². The summed E-state index contributed by atoms with van der Waals surface area (Å²) in [5.74, 6) is 0. The molecule has 0 N–H and O–H groups in total. The van der Waals surface area contributed by atoms with Crippen LogP contribution >= 0.6 is 0 Å². The summed E-state index contributed by atoms with van der Waals surface area (Å²) in [5.41, 5.74) is 10.1. The highest BCUT2D eigenvalue weighted by atomic mass is 15.0. The van der Waals surface area contributed by atoms with Gasteiger partial charge in [-0.15, -0.1) is 0 Å². The van der Waals surface area contributed by atoms with Crippen LogP contribution in [0.5, 0.6) is 0 Å². The molecule has 0 radical (unpaired) electrons. The normalized spacial score (nSPS) is 11.5. The molecule has 0 saturated carbocycles. The van der Waals surface area contributed by atoms with Gasteiger partial charge in [0.15, 0.2) is 0 Å². The first-order valence-corrected chi connectivity index (χ1v) is 13.8. The lowest BCUT2D eigenvalue weighted by Gasteiger charge is -2.19. The van der Waals surface area contributed by atoms with Crippen LogP contribution in [0, 0.1) is 25.2 Å². The zero-order chi connectivity index (χ0) is 28.4. The molecule has 0 bridgehead atoms. The number of rotatable bonds is 3. The summed E-state index contributed by atoms with van der Waals surface area (Å²) in [6.45, 7) is 4.04. The topological polar surface area (TPSA) is 72.3 Å². The lowest BCUT2D eigenvalue weighted by atomic mass is 9.98. The summed E-state index contributed by atoms with van der Waals surface area (Å²) in [6.07, 6.45) is 7.42. The van der Waals surface area contributed by atoms with Gasteiger partial charge in [-0.3, -0.25) is 15.0 Å². The molecule has 6 nitrogen and oxygen atoms in total. The highest BCUT2D eigenvalue weighted by Gasteiger charge is 2.22. The van der Waals surface area contributed by atoms with E-state index < -0.39 is 0 Å². The van der Waals surface area contributed by atoms with Crippen molar-refractivity contribution in [3.8, 4) is 28.6 Å². The summed E-state index contributed by atoms with van der Waals surface area (Å²) < 4.78 is 4.40. The van der Waals surface area contributed by atoms with Crippen molar-refractivity contribution in [1.82, 2.24) is 24.1 Å². The Morgan fingerprint density at radius 1 is 0.619 bits per heavy atom. The first kappa shape index (κ1) is 24.0. The number of para-hydroxylation sites is 2. The van der Waals surface area contributed by atoms with Crippen molar-refractivity contribution in [2.75, 3.05) is 0 Å². The minimum Gasteiger partial charge on any atom is -0.308 e. The van der Waals surface area contributed by atoms with Crippen molar-refractivity contribution < 1.29 is 0 Å². The van der Waals surface area contributed by atoms with Crippen LogP contribution in [0.4, 0.5) is 0 Å². The van der Waals surface area contributed by atoms with Gasteiger partial charge in [0.1, 0.15) is 11.6 Å². The number of aromatic nitrogens is 5. The third kappa shape index (κ3) is 3.41. The molecule has 5 heterocycles. The Balaban J connectivity index is 1.58. The van der Waals surface area contributed by atoms with Crippen molar-refractivity contribution in [2.24, 2.45) is 0 Å². The van der Waals surface area contributed by atoms with Crippen molar-refractivity contribution in [3.05, 3.63) is 127 Å². The van der Waals surface area contributed by atoms with Gasteiger partial charge in [0.2, 0.25) is 0 Å². The van der Waals surface area contributed by atoms with Gasteiger partial charge >= 0.3 is 0 Å². The summed E-state index contributed by atoms with van der Waals surface area (Å²) in [6, 6.07) is 31.7. The molecule has 0 aliphatic heterocycles. The fourth-order valence-corrected chi connectivity index (χ4v) is 6.38. The maximum absolute atomic E-state index is 10.9. The van der Waals surface area contributed by atoms with Crippen molar-refractivity contribution in [2.45, 2.75) is 13.8 Å². The molecule has 0 aliphatic carbocycles. The molecule has 8 aromatic rings. The van der Waals surface area contributed by atoms with Crippen molar-refractivity contribution in [3.63, 3.8) is 0 Å². The van der Waals surface area contributed by atoms with Crippen molar-refractivity contribution in [1.29, 1.82) is 5.26 Å². The molecule has 8 rings (SSSR count). The van der Waals surface area contributed by atoms with E-state index in [2.05, 4.69) is 67.6 Å². The second kappa shape index (κ2) is 9.12. The van der Waals surface area contributed by atoms with E-state index in [1.54, 1.807) is 0 Å². The molecule has 0 saturated heterocycles. The summed E-state index contributed by atoms with van der Waals surface area (Å²) in [4.78, 5) is 13.6. The van der Waals surface area contributed by atoms with E-state index in [0.29, 0.717) is 5.56 Å². The van der Waals surface area contributed by atoms with E-state index in [1.807, 2.05) is 81.1 Å². The number of benzene rings is 3. The van der Waals surface area contributed by atoms with Gasteiger partial charge < -0.3 is 9.13 Å². The second-order valence-electron chi connectivity index (χ2n) is 10.6. The summed E-state index contributed by atoms with van der Waals surface area (Å²) in [7, 11) is 0. The molecule has 198 valence electrons. The molecular formula is C36H24N6. The number of fused-ring (bicyclic) bond motifs is 6. The number of hydrogen-bond donors (Lipinski definition) is 0. The van der Waals surface area contributed by atoms with Gasteiger partial charge in [0, 0.05) is 63.3 Å². The van der Waals surface area contributed by atoms with Gasteiger partial charge in [-0.2, -0.15) is 5.26 Å². The van der Waals surface area contributed by atoms with Gasteiger partial charge in [0.25, 0.3) is 0 Å². The molecule has 0 aliphatic rings. The lowest BCUT2D eigenvalue weighted by molar-refractivity contribution is 1.10. The maximum atomic E-state index is 10.9. The Labute approximate surface area is 241 Å². The first-order valence-electron chi connectivity index (χ1n) is 13.8.